The zero-order valence-corrected chi connectivity index (χ0v) is 17.6. The lowest BCUT2D eigenvalue weighted by Crippen LogP contribution is -2.75. The molecule has 6 rings (SSSR count). The largest absolute Gasteiger partial charge is 0.372 e. The number of carbonyl (C=O) groups is 3. The number of nitrogens with zero attached hydrogens (tertiary/aromatic N) is 3. The summed E-state index contributed by atoms with van der Waals surface area (Å²) in [5, 5.41) is 15.4. The zero-order chi connectivity index (χ0) is 23.1. The van der Waals surface area contributed by atoms with Gasteiger partial charge in [0, 0.05) is 24.7 Å². The molecule has 3 aliphatic heterocycles. The average molecular weight is 454 g/mol. The number of carbonyl (C=O) groups excluding carboxylic acids is 3. The number of imide groups is 2. The normalized spacial score (nSPS) is 26.2. The van der Waals surface area contributed by atoms with Gasteiger partial charge in [0.1, 0.15) is 5.69 Å². The van der Waals surface area contributed by atoms with Crippen LogP contribution in [0.15, 0.2) is 23.0 Å². The molecule has 3 atom stereocenters. The number of halogens is 1. The van der Waals surface area contributed by atoms with Crippen molar-refractivity contribution in [2.75, 3.05) is 11.4 Å². The number of urea groups is 1. The Morgan fingerprint density at radius 2 is 1.97 bits per heavy atom. The first-order valence-electron chi connectivity index (χ1n) is 10.5. The summed E-state index contributed by atoms with van der Waals surface area (Å²) in [5.41, 5.74) is -0.0538. The van der Waals surface area contributed by atoms with E-state index in [0.29, 0.717) is 22.2 Å². The summed E-state index contributed by atoms with van der Waals surface area (Å²) in [6, 6.07) is -0.0297. The molecular formula is C21H19FN6O5. The maximum atomic E-state index is 15.9. The van der Waals surface area contributed by atoms with Crippen molar-refractivity contribution in [1.82, 2.24) is 26.0 Å². The fourth-order valence-electron chi connectivity index (χ4n) is 5.54. The lowest BCUT2D eigenvalue weighted by atomic mass is 9.66. The molecule has 4 amide bonds. The summed E-state index contributed by atoms with van der Waals surface area (Å²) in [7, 11) is 0. The number of benzene rings is 1. The van der Waals surface area contributed by atoms with E-state index in [4.69, 9.17) is 9.26 Å². The number of aromatic nitrogens is 3. The van der Waals surface area contributed by atoms with Crippen molar-refractivity contribution in [3.63, 3.8) is 0 Å². The van der Waals surface area contributed by atoms with Crippen LogP contribution in [0, 0.1) is 11.2 Å². The summed E-state index contributed by atoms with van der Waals surface area (Å²) < 4.78 is 27.3. The predicted octanol–water partition coefficient (Wildman–Crippen LogP) is 1.25. The van der Waals surface area contributed by atoms with E-state index in [0.717, 1.165) is 0 Å². The van der Waals surface area contributed by atoms with Gasteiger partial charge in [0.05, 0.1) is 35.5 Å². The average Bonchev–Trinajstić information content (AvgIpc) is 3.41. The third-order valence-corrected chi connectivity index (χ3v) is 6.74. The summed E-state index contributed by atoms with van der Waals surface area (Å²) in [6.07, 6.45) is 2.12. The van der Waals surface area contributed by atoms with Crippen LogP contribution >= 0.6 is 0 Å². The number of morpholine rings is 1. The van der Waals surface area contributed by atoms with Crippen molar-refractivity contribution in [1.29, 1.82) is 0 Å². The molecule has 33 heavy (non-hydrogen) atoms. The van der Waals surface area contributed by atoms with Crippen LogP contribution in [0.25, 0.3) is 22.2 Å². The molecule has 1 aromatic carbocycles. The second kappa shape index (κ2) is 6.61. The van der Waals surface area contributed by atoms with Crippen LogP contribution in [0.1, 0.15) is 19.4 Å². The lowest BCUT2D eigenvalue weighted by molar-refractivity contribution is -0.153. The highest BCUT2D eigenvalue weighted by Crippen LogP contribution is 2.49. The molecule has 11 nitrogen and oxygen atoms in total. The SMILES string of the molecule is CC1CN2c3c(cc4c(-c5cn[nH]c5)noc4c3F)CC3(C(=O)NC(=O)NC3=O)C2C(C)O1. The second-order valence-electron chi connectivity index (χ2n) is 8.73. The Morgan fingerprint density at radius 3 is 2.67 bits per heavy atom. The number of barbiturate groups is 1. The van der Waals surface area contributed by atoms with Gasteiger partial charge in [-0.05, 0) is 25.5 Å². The number of amides is 4. The number of fused-ring (bicyclic) bond motifs is 5. The Kier molecular flexibility index (Phi) is 3.97. The minimum Gasteiger partial charge on any atom is -0.372 e. The monoisotopic (exact) mass is 454 g/mol. The number of anilines is 1. The Labute approximate surface area is 185 Å². The first-order valence-corrected chi connectivity index (χ1v) is 10.5. The number of H-pyrrole nitrogens is 1. The molecule has 5 heterocycles. The van der Waals surface area contributed by atoms with E-state index in [9.17, 15) is 14.4 Å². The predicted molar refractivity (Wildman–Crippen MR) is 111 cm³/mol. The van der Waals surface area contributed by atoms with Crippen LogP contribution in [0.3, 0.4) is 0 Å². The van der Waals surface area contributed by atoms with Gasteiger partial charge < -0.3 is 14.2 Å². The molecule has 0 radical (unpaired) electrons. The molecule has 2 aromatic heterocycles. The van der Waals surface area contributed by atoms with E-state index in [1.165, 1.54) is 6.20 Å². The minimum atomic E-state index is -1.69. The van der Waals surface area contributed by atoms with E-state index >= 15 is 4.39 Å². The highest BCUT2D eigenvalue weighted by Gasteiger charge is 2.63. The molecule has 0 saturated carbocycles. The molecule has 1 spiro atoms. The number of hydrogen-bond acceptors (Lipinski definition) is 8. The van der Waals surface area contributed by atoms with Gasteiger partial charge in [-0.1, -0.05) is 5.16 Å². The Balaban J connectivity index is 1.61. The van der Waals surface area contributed by atoms with Crippen molar-refractivity contribution in [3.8, 4) is 11.3 Å². The molecule has 170 valence electrons. The quantitative estimate of drug-likeness (QED) is 0.466. The van der Waals surface area contributed by atoms with Crippen LogP contribution < -0.4 is 15.5 Å². The minimum absolute atomic E-state index is 0.0285. The maximum Gasteiger partial charge on any atom is 0.328 e. The van der Waals surface area contributed by atoms with Crippen LogP contribution in [0.5, 0.6) is 0 Å². The first kappa shape index (κ1) is 19.9. The van der Waals surface area contributed by atoms with Crippen LogP contribution in [0.4, 0.5) is 14.9 Å². The standard InChI is InChI=1S/C21H19FN6O5/c1-8-7-28-15-10(3-12-14(11-5-23-24-6-11)27-33-16(12)13(15)22)4-21(17(28)9(2)32-8)18(29)25-20(31)26-19(21)30/h3,5-6,8-9,17H,4,7H2,1-2H3,(H,23,24)(H2,25,26,29,30,31). The molecule has 0 bridgehead atoms. The van der Waals surface area contributed by atoms with E-state index in [1.807, 2.05) is 6.92 Å². The molecule has 3 unspecified atom stereocenters. The van der Waals surface area contributed by atoms with Gasteiger partial charge in [0.2, 0.25) is 17.4 Å². The van der Waals surface area contributed by atoms with Gasteiger partial charge in [-0.15, -0.1) is 0 Å². The number of aromatic amines is 1. The second-order valence-corrected chi connectivity index (χ2v) is 8.73. The van der Waals surface area contributed by atoms with Gasteiger partial charge in [-0.3, -0.25) is 25.3 Å². The summed E-state index contributed by atoms with van der Waals surface area (Å²) in [6.45, 7) is 3.81. The molecule has 2 fully saturated rings. The van der Waals surface area contributed by atoms with E-state index < -0.39 is 41.2 Å². The van der Waals surface area contributed by atoms with Crippen molar-refractivity contribution in [2.45, 2.75) is 38.5 Å². The summed E-state index contributed by atoms with van der Waals surface area (Å²) in [4.78, 5) is 40.0. The Hall–Kier alpha value is -3.80. The van der Waals surface area contributed by atoms with Crippen molar-refractivity contribution < 1.29 is 28.0 Å². The lowest BCUT2D eigenvalue weighted by Gasteiger charge is -2.55. The number of nitrogens with one attached hydrogen (secondary N) is 3. The highest BCUT2D eigenvalue weighted by molar-refractivity contribution is 6.20. The first-order chi connectivity index (χ1) is 15.8. The third kappa shape index (κ3) is 2.55. The number of hydrogen-bond donors (Lipinski definition) is 3. The van der Waals surface area contributed by atoms with Crippen LogP contribution in [-0.4, -0.2) is 58.0 Å². The maximum absolute atomic E-state index is 15.9. The van der Waals surface area contributed by atoms with Gasteiger partial charge in [-0.25, -0.2) is 9.18 Å². The van der Waals surface area contributed by atoms with Crippen LogP contribution in [-0.2, 0) is 20.7 Å². The fraction of sp³-hybridized carbons (Fsp3) is 0.381. The zero-order valence-electron chi connectivity index (χ0n) is 17.6. The van der Waals surface area contributed by atoms with Gasteiger partial charge in [0.25, 0.3) is 0 Å². The number of ether oxygens (including phenoxy) is 1. The summed E-state index contributed by atoms with van der Waals surface area (Å²) in [5.74, 6) is -2.09. The van der Waals surface area contributed by atoms with Crippen LogP contribution in [0.2, 0.25) is 0 Å². The van der Waals surface area contributed by atoms with Crippen molar-refractivity contribution >= 4 is 34.5 Å². The smallest absolute Gasteiger partial charge is 0.328 e. The van der Waals surface area contributed by atoms with Crippen molar-refractivity contribution in [2.24, 2.45) is 5.41 Å². The molecule has 3 aliphatic rings. The Morgan fingerprint density at radius 1 is 1.21 bits per heavy atom. The molecule has 2 saturated heterocycles. The third-order valence-electron chi connectivity index (χ3n) is 6.74. The molecule has 0 aliphatic carbocycles. The molecular weight excluding hydrogens is 435 g/mol. The molecule has 12 heteroatoms. The summed E-state index contributed by atoms with van der Waals surface area (Å²) >= 11 is 0. The van der Waals surface area contributed by atoms with Gasteiger partial charge in [-0.2, -0.15) is 5.10 Å². The fourth-order valence-corrected chi connectivity index (χ4v) is 5.54. The van der Waals surface area contributed by atoms with E-state index in [-0.39, 0.29) is 30.3 Å². The van der Waals surface area contributed by atoms with E-state index in [2.05, 4.69) is 26.0 Å². The van der Waals surface area contributed by atoms with Crippen molar-refractivity contribution in [3.05, 3.63) is 29.8 Å². The topological polar surface area (TPSA) is 142 Å². The number of rotatable bonds is 1. The molecule has 3 aromatic rings. The van der Waals surface area contributed by atoms with E-state index in [1.54, 1.807) is 24.1 Å². The highest BCUT2D eigenvalue weighted by atomic mass is 19.1. The Bertz CT molecular complexity index is 1310. The van der Waals surface area contributed by atoms with Gasteiger partial charge in [0.15, 0.2) is 11.2 Å². The van der Waals surface area contributed by atoms with Gasteiger partial charge >= 0.3 is 6.03 Å². The molecule has 3 N–H and O–H groups in total.